The lowest BCUT2D eigenvalue weighted by Crippen LogP contribution is -2.08. The number of nitrogens with zero attached hydrogens (tertiary/aromatic N) is 4. The molecule has 2 rings (SSSR count). The van der Waals surface area contributed by atoms with Crippen LogP contribution in [0.3, 0.4) is 0 Å². The summed E-state index contributed by atoms with van der Waals surface area (Å²) in [5, 5.41) is 14.0. The highest BCUT2D eigenvalue weighted by Gasteiger charge is 2.19. The van der Waals surface area contributed by atoms with Crippen molar-refractivity contribution < 1.29 is 9.90 Å². The maximum Gasteiger partial charge on any atom is 0.313 e. The molecule has 0 bridgehead atoms. The van der Waals surface area contributed by atoms with Crippen LogP contribution in [0.25, 0.3) is 11.2 Å². The Kier molecular flexibility index (Phi) is 4.17. The second kappa shape index (κ2) is 5.70. The van der Waals surface area contributed by atoms with Gasteiger partial charge in [-0.05, 0) is 20.8 Å². The van der Waals surface area contributed by atoms with Crippen LogP contribution in [0.5, 0.6) is 0 Å². The third-order valence-corrected chi connectivity index (χ3v) is 3.78. The number of aliphatic carboxylic acids is 1. The van der Waals surface area contributed by atoms with Crippen LogP contribution in [-0.2, 0) is 17.9 Å². The van der Waals surface area contributed by atoms with E-state index in [1.807, 2.05) is 30.0 Å². The number of imidazole rings is 1. The SMILES string of the molecule is C=C(C)Cn1c(SCC(=O)O)nc2c(C)nn(CC)c21. The Morgan fingerprint density at radius 2 is 2.20 bits per heavy atom. The summed E-state index contributed by atoms with van der Waals surface area (Å²) >= 11 is 1.23. The Morgan fingerprint density at radius 1 is 1.50 bits per heavy atom. The minimum Gasteiger partial charge on any atom is -0.481 e. The minimum absolute atomic E-state index is 0.00556. The van der Waals surface area contributed by atoms with Crippen molar-refractivity contribution in [1.82, 2.24) is 19.3 Å². The van der Waals surface area contributed by atoms with Crippen molar-refractivity contribution in [3.63, 3.8) is 0 Å². The predicted octanol–water partition coefficient (Wildman–Crippen LogP) is 2.31. The molecule has 108 valence electrons. The highest BCUT2D eigenvalue weighted by atomic mass is 32.2. The van der Waals surface area contributed by atoms with Gasteiger partial charge < -0.3 is 5.11 Å². The molecule has 0 unspecified atom stereocenters. The lowest BCUT2D eigenvalue weighted by molar-refractivity contribution is -0.133. The highest BCUT2D eigenvalue weighted by Crippen LogP contribution is 2.26. The molecule has 0 aromatic carbocycles. The largest absolute Gasteiger partial charge is 0.481 e. The van der Waals surface area contributed by atoms with E-state index in [9.17, 15) is 4.79 Å². The maximum absolute atomic E-state index is 10.8. The van der Waals surface area contributed by atoms with Gasteiger partial charge in [-0.15, -0.1) is 0 Å². The molecule has 0 radical (unpaired) electrons. The molecule has 2 aromatic heterocycles. The van der Waals surface area contributed by atoms with Crippen molar-refractivity contribution in [2.45, 2.75) is 39.0 Å². The van der Waals surface area contributed by atoms with E-state index < -0.39 is 5.97 Å². The quantitative estimate of drug-likeness (QED) is 0.654. The summed E-state index contributed by atoms with van der Waals surface area (Å²) in [7, 11) is 0. The molecule has 0 aliphatic heterocycles. The van der Waals surface area contributed by atoms with Crippen molar-refractivity contribution in [3.05, 3.63) is 17.8 Å². The standard InChI is InChI=1S/C13H18N4O2S/c1-5-17-12-11(9(4)15-17)14-13(20-7-10(18)19)16(12)6-8(2)3/h2,5-7H2,1,3-4H3,(H,18,19). The first kappa shape index (κ1) is 14.6. The van der Waals surface area contributed by atoms with Gasteiger partial charge in [0.05, 0.1) is 11.4 Å². The molecule has 0 saturated carbocycles. The smallest absolute Gasteiger partial charge is 0.313 e. The Bertz CT molecular complexity index is 672. The molecular weight excluding hydrogens is 276 g/mol. The van der Waals surface area contributed by atoms with E-state index in [1.165, 1.54) is 11.8 Å². The van der Waals surface area contributed by atoms with Crippen LogP contribution in [0.2, 0.25) is 0 Å². The Labute approximate surface area is 121 Å². The zero-order valence-corrected chi connectivity index (χ0v) is 12.7. The molecule has 0 spiro atoms. The first-order valence-corrected chi connectivity index (χ1v) is 7.35. The predicted molar refractivity (Wildman–Crippen MR) is 79.1 cm³/mol. The van der Waals surface area contributed by atoms with Crippen molar-refractivity contribution in [2.75, 3.05) is 5.75 Å². The van der Waals surface area contributed by atoms with Crippen LogP contribution < -0.4 is 0 Å². The molecule has 2 aromatic rings. The molecule has 6 nitrogen and oxygen atoms in total. The van der Waals surface area contributed by atoms with E-state index in [0.29, 0.717) is 11.7 Å². The van der Waals surface area contributed by atoms with E-state index in [0.717, 1.165) is 29.0 Å². The second-order valence-electron chi connectivity index (χ2n) is 4.69. The molecule has 0 saturated heterocycles. The van der Waals surface area contributed by atoms with Crippen molar-refractivity contribution in [3.8, 4) is 0 Å². The Balaban J connectivity index is 2.55. The van der Waals surface area contributed by atoms with Crippen LogP contribution in [0, 0.1) is 6.92 Å². The Hall–Kier alpha value is -1.76. The average Bonchev–Trinajstić information content (AvgIpc) is 2.86. The van der Waals surface area contributed by atoms with Crippen LogP contribution in [0.4, 0.5) is 0 Å². The van der Waals surface area contributed by atoms with Gasteiger partial charge in [-0.3, -0.25) is 9.36 Å². The molecule has 0 fully saturated rings. The molecule has 1 N–H and O–H groups in total. The van der Waals surface area contributed by atoms with Crippen LogP contribution in [-0.4, -0.2) is 36.2 Å². The van der Waals surface area contributed by atoms with E-state index in [2.05, 4.69) is 16.7 Å². The fourth-order valence-corrected chi connectivity index (χ4v) is 2.79. The minimum atomic E-state index is -0.849. The highest BCUT2D eigenvalue weighted by molar-refractivity contribution is 7.99. The summed E-state index contributed by atoms with van der Waals surface area (Å²) < 4.78 is 3.89. The van der Waals surface area contributed by atoms with Crippen LogP contribution in [0.15, 0.2) is 17.3 Å². The summed E-state index contributed by atoms with van der Waals surface area (Å²) in [5.74, 6) is -0.855. The maximum atomic E-state index is 10.8. The van der Waals surface area contributed by atoms with Gasteiger partial charge in [0, 0.05) is 13.1 Å². The third-order valence-electron chi connectivity index (χ3n) is 2.82. The lowest BCUT2D eigenvalue weighted by Gasteiger charge is -2.09. The van der Waals surface area contributed by atoms with Gasteiger partial charge in [0.2, 0.25) is 0 Å². The second-order valence-corrected chi connectivity index (χ2v) is 5.64. The first-order valence-electron chi connectivity index (χ1n) is 6.36. The van der Waals surface area contributed by atoms with Crippen molar-refractivity contribution >= 4 is 28.9 Å². The molecule has 2 heterocycles. The summed E-state index contributed by atoms with van der Waals surface area (Å²) in [6.07, 6.45) is 0. The van der Waals surface area contributed by atoms with E-state index >= 15 is 0 Å². The number of carboxylic acid groups (broad SMARTS) is 1. The number of rotatable bonds is 6. The van der Waals surface area contributed by atoms with Crippen molar-refractivity contribution in [2.24, 2.45) is 0 Å². The van der Waals surface area contributed by atoms with Gasteiger partial charge in [-0.25, -0.2) is 9.67 Å². The van der Waals surface area contributed by atoms with Gasteiger partial charge in [0.1, 0.15) is 5.52 Å². The summed E-state index contributed by atoms with van der Waals surface area (Å²) in [5.41, 5.74) is 3.62. The van der Waals surface area contributed by atoms with Crippen LogP contribution in [0.1, 0.15) is 19.5 Å². The zero-order chi connectivity index (χ0) is 14.9. The summed E-state index contributed by atoms with van der Waals surface area (Å²) in [6.45, 7) is 11.2. The number of aryl methyl sites for hydroxylation is 2. The summed E-state index contributed by atoms with van der Waals surface area (Å²) in [4.78, 5) is 15.3. The zero-order valence-electron chi connectivity index (χ0n) is 11.9. The number of hydrogen-bond acceptors (Lipinski definition) is 4. The fourth-order valence-electron chi connectivity index (χ4n) is 2.07. The molecular formula is C13H18N4O2S. The van der Waals surface area contributed by atoms with Gasteiger partial charge >= 0.3 is 5.97 Å². The van der Waals surface area contributed by atoms with Gasteiger partial charge in [0.15, 0.2) is 10.8 Å². The molecule has 0 aliphatic carbocycles. The molecule has 7 heteroatoms. The average molecular weight is 294 g/mol. The van der Waals surface area contributed by atoms with E-state index in [4.69, 9.17) is 5.11 Å². The van der Waals surface area contributed by atoms with E-state index in [1.54, 1.807) is 0 Å². The molecule has 20 heavy (non-hydrogen) atoms. The number of thioether (sulfide) groups is 1. The van der Waals surface area contributed by atoms with Crippen molar-refractivity contribution in [1.29, 1.82) is 0 Å². The first-order chi connectivity index (χ1) is 9.43. The number of carbonyl (C=O) groups is 1. The molecule has 0 atom stereocenters. The van der Waals surface area contributed by atoms with Gasteiger partial charge in [-0.2, -0.15) is 5.10 Å². The number of carboxylic acids is 1. The molecule has 0 amide bonds. The third kappa shape index (κ3) is 2.72. The van der Waals surface area contributed by atoms with Crippen LogP contribution >= 0.6 is 11.8 Å². The normalized spacial score (nSPS) is 11.2. The van der Waals surface area contributed by atoms with E-state index in [-0.39, 0.29) is 5.75 Å². The molecule has 0 aliphatic rings. The van der Waals surface area contributed by atoms with Gasteiger partial charge in [0.25, 0.3) is 0 Å². The lowest BCUT2D eigenvalue weighted by atomic mass is 10.3. The number of aromatic nitrogens is 4. The van der Waals surface area contributed by atoms with Gasteiger partial charge in [-0.1, -0.05) is 23.9 Å². The Morgan fingerprint density at radius 3 is 2.75 bits per heavy atom. The fraction of sp³-hybridized carbons (Fsp3) is 0.462. The topological polar surface area (TPSA) is 72.9 Å². The monoisotopic (exact) mass is 294 g/mol. The number of allylic oxidation sites excluding steroid dienone is 1. The number of fused-ring (bicyclic) bond motifs is 1. The summed E-state index contributed by atoms with van der Waals surface area (Å²) in [6, 6.07) is 0. The number of hydrogen-bond donors (Lipinski definition) is 1.